The minimum atomic E-state index is -0.217. The molecule has 3 heterocycles. The van der Waals surface area contributed by atoms with Gasteiger partial charge in [-0.1, -0.05) is 58.0 Å². The Labute approximate surface area is 434 Å². The third-order valence-electron chi connectivity index (χ3n) is 12.9. The van der Waals surface area contributed by atoms with E-state index < -0.39 is 0 Å². The van der Waals surface area contributed by atoms with E-state index in [1.165, 1.54) is 7.11 Å². The molecule has 8 rings (SSSR count). The molecule has 3 aliphatic heterocycles. The van der Waals surface area contributed by atoms with Crippen LogP contribution < -0.4 is 50.6 Å². The Morgan fingerprint density at radius 1 is 0.849 bits per heavy atom. The van der Waals surface area contributed by atoms with Gasteiger partial charge in [0.1, 0.15) is 13.2 Å². The van der Waals surface area contributed by atoms with Crippen LogP contribution in [-0.2, 0) is 40.5 Å². The number of nitrogens with one attached hydrogen (secondary N) is 3. The van der Waals surface area contributed by atoms with Gasteiger partial charge in [0, 0.05) is 72.2 Å². The van der Waals surface area contributed by atoms with E-state index in [2.05, 4.69) is 52.4 Å². The topological polar surface area (TPSA) is 195 Å². The van der Waals surface area contributed by atoms with Crippen LogP contribution in [0.1, 0.15) is 88.9 Å². The van der Waals surface area contributed by atoms with Crippen molar-refractivity contribution in [2.24, 2.45) is 10.9 Å². The molecule has 1 unspecified atom stereocenters. The van der Waals surface area contributed by atoms with Crippen molar-refractivity contribution in [3.63, 3.8) is 0 Å². The number of anilines is 4. The summed E-state index contributed by atoms with van der Waals surface area (Å²) in [7, 11) is 6.46. The number of fused-ring (bicyclic) bond motifs is 5. The number of nitrogens with two attached hydrogens (primary N) is 1. The minimum Gasteiger partial charge on any atom is -0.493 e. The average molecular weight is 1030 g/mol. The van der Waals surface area contributed by atoms with E-state index in [1.54, 1.807) is 57.9 Å². The molecule has 384 valence electrons. The first-order chi connectivity index (χ1) is 35.4. The first-order valence-electron chi connectivity index (χ1n) is 24.4. The number of aliphatic imine (C=N–C) groups is 1. The first-order valence-corrected chi connectivity index (χ1v) is 26.7. The van der Waals surface area contributed by atoms with Crippen LogP contribution in [0.4, 0.5) is 28.4 Å². The lowest BCUT2D eigenvalue weighted by Crippen LogP contribution is -2.39. The number of rotatable bonds is 24. The lowest BCUT2D eigenvalue weighted by atomic mass is 10.1. The van der Waals surface area contributed by atoms with Gasteiger partial charge in [0.05, 0.1) is 49.4 Å². The summed E-state index contributed by atoms with van der Waals surface area (Å²) in [5.41, 5.74) is 7.85. The average Bonchev–Trinajstić information content (AvgIpc) is 3.97. The second kappa shape index (κ2) is 24.3. The van der Waals surface area contributed by atoms with E-state index in [1.807, 2.05) is 65.6 Å². The Kier molecular flexibility index (Phi) is 17.5. The normalized spacial score (nSPS) is 14.5. The zero-order valence-electron chi connectivity index (χ0n) is 41.8. The number of hydrogen-bond donors (Lipinski definition) is 4. The van der Waals surface area contributed by atoms with Crippen LogP contribution in [0, 0.1) is 0 Å². The maximum Gasteiger partial charge on any atom is 0.260 e. The molecule has 5 aromatic carbocycles. The molecule has 4 amide bonds. The summed E-state index contributed by atoms with van der Waals surface area (Å²) in [5, 5.41) is 9.48. The molecule has 5 N–H and O–H groups in total. The van der Waals surface area contributed by atoms with Crippen LogP contribution in [0.3, 0.4) is 0 Å². The number of ether oxygens (including phenoxy) is 4. The second-order valence-corrected chi connectivity index (χ2v) is 21.7. The fourth-order valence-electron chi connectivity index (χ4n) is 9.20. The van der Waals surface area contributed by atoms with Crippen molar-refractivity contribution in [1.29, 1.82) is 0 Å². The van der Waals surface area contributed by atoms with E-state index in [9.17, 15) is 19.2 Å². The lowest BCUT2D eigenvalue weighted by Gasteiger charge is -2.23. The Morgan fingerprint density at radius 3 is 2.27 bits per heavy atom. The monoisotopic (exact) mass is 1030 g/mol. The molecule has 0 aromatic heterocycles. The van der Waals surface area contributed by atoms with Crippen molar-refractivity contribution < 1.29 is 43.0 Å². The molecule has 16 nitrogen and oxygen atoms in total. The van der Waals surface area contributed by atoms with E-state index in [0.717, 1.165) is 53.1 Å². The van der Waals surface area contributed by atoms with Gasteiger partial charge in [0.2, 0.25) is 11.8 Å². The van der Waals surface area contributed by atoms with Gasteiger partial charge in [-0.3, -0.25) is 24.2 Å². The molecule has 0 saturated carbocycles. The van der Waals surface area contributed by atoms with Crippen molar-refractivity contribution in [1.82, 2.24) is 5.32 Å². The largest absolute Gasteiger partial charge is 0.493 e. The quantitative estimate of drug-likeness (QED) is 0.0198. The van der Waals surface area contributed by atoms with Gasteiger partial charge < -0.3 is 49.5 Å². The fraction of sp³-hybridized carbons (Fsp3) is 0.364. The Balaban J connectivity index is 0.971. The molecule has 1 atom stereocenters. The van der Waals surface area contributed by atoms with Gasteiger partial charge in [-0.05, 0) is 117 Å². The molecule has 0 fully saturated rings. The van der Waals surface area contributed by atoms with Crippen molar-refractivity contribution >= 4 is 80.4 Å². The lowest BCUT2D eigenvalue weighted by molar-refractivity contribution is -0.121. The zero-order chi connectivity index (χ0) is 51.5. The smallest absolute Gasteiger partial charge is 0.260 e. The summed E-state index contributed by atoms with van der Waals surface area (Å²) < 4.78 is 24.3. The van der Waals surface area contributed by atoms with Crippen LogP contribution >= 0.6 is 21.6 Å². The summed E-state index contributed by atoms with van der Waals surface area (Å²) in [6, 6.07) is 28.3. The van der Waals surface area contributed by atoms with Crippen LogP contribution in [0.5, 0.6) is 23.0 Å². The molecule has 18 heteroatoms. The van der Waals surface area contributed by atoms with E-state index in [0.29, 0.717) is 102 Å². The molecule has 0 spiro atoms. The summed E-state index contributed by atoms with van der Waals surface area (Å²) >= 11 is 0. The summed E-state index contributed by atoms with van der Waals surface area (Å²) in [4.78, 5) is 66.3. The van der Waals surface area contributed by atoms with E-state index in [-0.39, 0.29) is 54.1 Å². The molecular formula is C55H63N7O9S2. The number of hydrogen-bond acceptors (Lipinski definition) is 14. The van der Waals surface area contributed by atoms with Crippen LogP contribution in [-0.4, -0.2) is 87.3 Å². The molecule has 73 heavy (non-hydrogen) atoms. The standard InChI is InChI=1S/C55H63N7O9S2/c1-55(2,73-72-23-10-16-51(63)58-20-11-22-71-56)19-17-52(64)60-39-25-35(33-69-49-30-43(57-3)41(28-47(49)67-4)53(65)61-21-18-37-12-6-8-14-45(37)61)24-36(26-39)34-70-50-31-44-42(29-48(50)68-5)54(66)62-40(32-59-44)27-38-13-7-9-15-46(38)62/h6-9,12-15,24-26,28-31,40,59H,3,10-11,16-23,27,32-34,56H2,1-2,4-5H3,(H,58,63)(H,60,64). The highest BCUT2D eigenvalue weighted by Crippen LogP contribution is 2.43. The molecule has 0 bridgehead atoms. The number of methoxy groups -OCH3 is 2. The van der Waals surface area contributed by atoms with Gasteiger partial charge in [0.15, 0.2) is 23.0 Å². The van der Waals surface area contributed by atoms with Gasteiger partial charge >= 0.3 is 0 Å². The number of amides is 4. The van der Waals surface area contributed by atoms with Crippen molar-refractivity contribution in [3.8, 4) is 23.0 Å². The fourth-order valence-corrected chi connectivity index (χ4v) is 11.9. The number of para-hydroxylation sites is 2. The number of nitrogens with zero attached hydrogens (tertiary/aromatic N) is 3. The molecule has 3 aliphatic rings. The predicted octanol–water partition coefficient (Wildman–Crippen LogP) is 9.45. The third-order valence-corrected chi connectivity index (χ3v) is 16.4. The minimum absolute atomic E-state index is 0.00500. The highest BCUT2D eigenvalue weighted by molar-refractivity contribution is 8.77. The highest BCUT2D eigenvalue weighted by atomic mass is 33.1. The number of carbonyl (C=O) groups excluding carboxylic acids is 4. The highest BCUT2D eigenvalue weighted by Gasteiger charge is 2.38. The van der Waals surface area contributed by atoms with Gasteiger partial charge in [-0.25, -0.2) is 5.90 Å². The Bertz CT molecular complexity index is 2840. The van der Waals surface area contributed by atoms with Crippen LogP contribution in [0.25, 0.3) is 0 Å². The van der Waals surface area contributed by atoms with Gasteiger partial charge in [-0.15, -0.1) is 0 Å². The molecule has 0 radical (unpaired) electrons. The van der Waals surface area contributed by atoms with Gasteiger partial charge in [0.25, 0.3) is 11.8 Å². The summed E-state index contributed by atoms with van der Waals surface area (Å²) in [6.45, 7) is 10.2. The number of carbonyl (C=O) groups is 4. The second-order valence-electron chi connectivity index (χ2n) is 18.6. The van der Waals surface area contributed by atoms with Crippen molar-refractivity contribution in [2.75, 3.05) is 66.6 Å². The van der Waals surface area contributed by atoms with Crippen LogP contribution in [0.15, 0.2) is 96.0 Å². The number of benzene rings is 5. The Morgan fingerprint density at radius 2 is 1.55 bits per heavy atom. The van der Waals surface area contributed by atoms with E-state index in [4.69, 9.17) is 24.8 Å². The molecular weight excluding hydrogens is 967 g/mol. The maximum atomic E-state index is 14.1. The van der Waals surface area contributed by atoms with Crippen molar-refractivity contribution in [2.45, 2.75) is 82.8 Å². The zero-order valence-corrected chi connectivity index (χ0v) is 43.4. The van der Waals surface area contributed by atoms with E-state index >= 15 is 0 Å². The molecule has 0 saturated heterocycles. The predicted molar refractivity (Wildman–Crippen MR) is 290 cm³/mol. The van der Waals surface area contributed by atoms with Gasteiger partial charge in [-0.2, -0.15) is 0 Å². The maximum absolute atomic E-state index is 14.1. The third kappa shape index (κ3) is 12.9. The van der Waals surface area contributed by atoms with Crippen molar-refractivity contribution in [3.05, 3.63) is 124 Å². The van der Waals surface area contributed by atoms with Crippen LogP contribution in [0.2, 0.25) is 0 Å². The first kappa shape index (κ1) is 52.6. The molecule has 0 aliphatic carbocycles. The SMILES string of the molecule is C=Nc1cc(OCc2cc(COc3cc4c(cc3OC)C(=O)N3c5ccccc5CC3CN4)cc(NC(=O)CCC(C)(C)SSCCCC(=O)NCCCON)c2)c(OC)cc1C(=O)N1CCc2ccccc21. The summed E-state index contributed by atoms with van der Waals surface area (Å²) in [6.07, 6.45) is 4.23. The molecule has 5 aromatic rings. The summed E-state index contributed by atoms with van der Waals surface area (Å²) in [5.74, 6) is 6.90. The Hall–Kier alpha value is -6.73.